The fourth-order valence-corrected chi connectivity index (χ4v) is 4.10. The number of phosphoric ester groups is 1. The van der Waals surface area contributed by atoms with E-state index in [0.717, 1.165) is 25.9 Å². The summed E-state index contributed by atoms with van der Waals surface area (Å²) in [6.45, 7) is 0.743. The predicted octanol–water partition coefficient (Wildman–Crippen LogP) is 3.51. The van der Waals surface area contributed by atoms with Crippen LogP contribution in [0.2, 0.25) is 0 Å². The van der Waals surface area contributed by atoms with Gasteiger partial charge in [0, 0.05) is 19.3 Å². The van der Waals surface area contributed by atoms with E-state index in [2.05, 4.69) is 28.8 Å². The monoisotopic (exact) mass is 385 g/mol. The Morgan fingerprint density at radius 3 is 2.54 bits per heavy atom. The van der Waals surface area contributed by atoms with E-state index in [0.29, 0.717) is 18.8 Å². The average Bonchev–Trinajstić information content (AvgIpc) is 2.99. The van der Waals surface area contributed by atoms with Crippen LogP contribution in [-0.2, 0) is 20.2 Å². The first-order valence-electron chi connectivity index (χ1n) is 9.38. The zero-order valence-electron chi connectivity index (χ0n) is 15.6. The number of aryl methyl sites for hydroxylation is 1. The highest BCUT2D eigenvalue weighted by atomic mass is 31.2. The summed E-state index contributed by atoms with van der Waals surface area (Å²) < 4.78 is 20.6. The van der Waals surface area contributed by atoms with Crippen LogP contribution < -0.4 is 5.73 Å². The molecule has 2 rings (SSSR count). The van der Waals surface area contributed by atoms with Crippen LogP contribution in [-0.4, -0.2) is 35.6 Å². The first kappa shape index (κ1) is 21.5. The second-order valence-electron chi connectivity index (χ2n) is 7.46. The zero-order chi connectivity index (χ0) is 19.0. The van der Waals surface area contributed by atoms with Gasteiger partial charge >= 0.3 is 7.82 Å². The van der Waals surface area contributed by atoms with Gasteiger partial charge in [-0.2, -0.15) is 0 Å². The second-order valence-corrected chi connectivity index (χ2v) is 8.70. The van der Waals surface area contributed by atoms with Gasteiger partial charge in [-0.15, -0.1) is 0 Å². The standard InChI is InChI=1S/C19H32NO5P/c1-24-13-5-3-2-4-6-16-7-9-17(10-8-16)18-11-12-19(20,14-18)15-25-26(21,22)23/h7-10,18H,2-6,11-15,20H2,1H3,(H2,21,22,23)/t18-,19-/m1/s1. The number of ether oxygens (including phenoxy) is 1. The van der Waals surface area contributed by atoms with Gasteiger partial charge in [0.1, 0.15) is 0 Å². The van der Waals surface area contributed by atoms with Crippen LogP contribution in [0.1, 0.15) is 62.0 Å². The number of nitrogens with two attached hydrogens (primary N) is 1. The lowest BCUT2D eigenvalue weighted by atomic mass is 9.92. The number of phosphoric acid groups is 1. The Morgan fingerprint density at radius 1 is 1.19 bits per heavy atom. The molecule has 0 radical (unpaired) electrons. The van der Waals surface area contributed by atoms with Crippen LogP contribution in [0.3, 0.4) is 0 Å². The smallest absolute Gasteiger partial charge is 0.385 e. The van der Waals surface area contributed by atoms with Gasteiger partial charge in [-0.3, -0.25) is 4.52 Å². The summed E-state index contributed by atoms with van der Waals surface area (Å²) >= 11 is 0. The number of unbranched alkanes of at least 4 members (excludes halogenated alkanes) is 3. The Bertz CT molecular complexity index is 588. The molecular weight excluding hydrogens is 353 g/mol. The Labute approximate surface area is 156 Å². The fourth-order valence-electron chi connectivity index (χ4n) is 3.67. The Hall–Kier alpha value is -0.750. The van der Waals surface area contributed by atoms with E-state index in [1.807, 2.05) is 0 Å². The van der Waals surface area contributed by atoms with Crippen LogP contribution in [0.15, 0.2) is 24.3 Å². The highest BCUT2D eigenvalue weighted by Gasteiger charge is 2.38. The molecule has 148 valence electrons. The van der Waals surface area contributed by atoms with E-state index in [-0.39, 0.29) is 6.61 Å². The topological polar surface area (TPSA) is 102 Å². The molecule has 0 aliphatic heterocycles. The molecule has 0 aromatic heterocycles. The molecule has 1 aromatic carbocycles. The number of hydrogen-bond acceptors (Lipinski definition) is 4. The lowest BCUT2D eigenvalue weighted by molar-refractivity contribution is 0.153. The Balaban J connectivity index is 1.77. The van der Waals surface area contributed by atoms with Gasteiger partial charge in [0.05, 0.1) is 6.61 Å². The molecule has 0 saturated heterocycles. The average molecular weight is 385 g/mol. The maximum atomic E-state index is 10.9. The molecule has 0 unspecified atom stereocenters. The van der Waals surface area contributed by atoms with E-state index < -0.39 is 13.4 Å². The van der Waals surface area contributed by atoms with Crippen molar-refractivity contribution in [3.05, 3.63) is 35.4 Å². The predicted molar refractivity (Wildman–Crippen MR) is 102 cm³/mol. The largest absolute Gasteiger partial charge is 0.469 e. The van der Waals surface area contributed by atoms with Crippen LogP contribution in [0, 0.1) is 0 Å². The van der Waals surface area contributed by atoms with Crippen LogP contribution >= 0.6 is 7.82 Å². The van der Waals surface area contributed by atoms with Crippen molar-refractivity contribution in [1.29, 1.82) is 0 Å². The van der Waals surface area contributed by atoms with Gasteiger partial charge in [-0.1, -0.05) is 37.1 Å². The lowest BCUT2D eigenvalue weighted by Gasteiger charge is -2.24. The number of hydrogen-bond donors (Lipinski definition) is 3. The van der Waals surface area contributed by atoms with Gasteiger partial charge in [-0.05, 0) is 55.6 Å². The van der Waals surface area contributed by atoms with Gasteiger partial charge in [0.15, 0.2) is 0 Å². The summed E-state index contributed by atoms with van der Waals surface area (Å²) in [6, 6.07) is 8.71. The molecule has 4 N–H and O–H groups in total. The van der Waals surface area contributed by atoms with E-state index in [9.17, 15) is 4.57 Å². The van der Waals surface area contributed by atoms with Crippen LogP contribution in [0.25, 0.3) is 0 Å². The second kappa shape index (κ2) is 9.98. The highest BCUT2D eigenvalue weighted by Crippen LogP contribution is 2.43. The van der Waals surface area contributed by atoms with Crippen molar-refractivity contribution in [3.63, 3.8) is 0 Å². The molecule has 0 amide bonds. The third kappa shape index (κ3) is 7.47. The first-order valence-corrected chi connectivity index (χ1v) is 10.9. The fraction of sp³-hybridized carbons (Fsp3) is 0.684. The van der Waals surface area contributed by atoms with E-state index in [1.54, 1.807) is 7.11 Å². The molecule has 2 atom stereocenters. The zero-order valence-corrected chi connectivity index (χ0v) is 16.5. The molecular formula is C19H32NO5P. The lowest BCUT2D eigenvalue weighted by Crippen LogP contribution is -2.41. The Kier molecular flexibility index (Phi) is 8.27. The molecule has 1 aliphatic rings. The summed E-state index contributed by atoms with van der Waals surface area (Å²) in [6.07, 6.45) is 8.16. The molecule has 1 fully saturated rings. The normalized spacial score (nSPS) is 23.5. The first-order chi connectivity index (χ1) is 12.3. The van der Waals surface area contributed by atoms with Crippen molar-refractivity contribution in [2.24, 2.45) is 5.73 Å². The number of methoxy groups -OCH3 is 1. The van der Waals surface area contributed by atoms with Gasteiger partial charge in [-0.25, -0.2) is 4.57 Å². The SMILES string of the molecule is COCCCCCCc1ccc([C@@H]2CC[C@](N)(COP(=O)(O)O)C2)cc1. The minimum absolute atomic E-state index is 0.102. The highest BCUT2D eigenvalue weighted by molar-refractivity contribution is 7.46. The molecule has 26 heavy (non-hydrogen) atoms. The summed E-state index contributed by atoms with van der Waals surface area (Å²) in [5.41, 5.74) is 8.20. The van der Waals surface area contributed by atoms with Crippen molar-refractivity contribution < 1.29 is 23.6 Å². The molecule has 0 heterocycles. The van der Waals surface area contributed by atoms with Gasteiger partial charge in [0.2, 0.25) is 0 Å². The minimum atomic E-state index is -4.47. The molecule has 1 aliphatic carbocycles. The van der Waals surface area contributed by atoms with Crippen molar-refractivity contribution in [1.82, 2.24) is 0 Å². The Morgan fingerprint density at radius 2 is 1.88 bits per heavy atom. The molecule has 7 heteroatoms. The maximum Gasteiger partial charge on any atom is 0.469 e. The summed E-state index contributed by atoms with van der Waals surface area (Å²) in [5, 5.41) is 0. The van der Waals surface area contributed by atoms with E-state index in [4.69, 9.17) is 20.3 Å². The minimum Gasteiger partial charge on any atom is -0.385 e. The van der Waals surface area contributed by atoms with Crippen molar-refractivity contribution in [2.45, 2.75) is 62.8 Å². The van der Waals surface area contributed by atoms with E-state index >= 15 is 0 Å². The van der Waals surface area contributed by atoms with Crippen LogP contribution in [0.5, 0.6) is 0 Å². The third-order valence-corrected chi connectivity index (χ3v) is 5.64. The number of benzene rings is 1. The number of rotatable bonds is 11. The van der Waals surface area contributed by atoms with Crippen LogP contribution in [0.4, 0.5) is 0 Å². The maximum absolute atomic E-state index is 10.9. The van der Waals surface area contributed by atoms with Crippen molar-refractivity contribution >= 4 is 7.82 Å². The molecule has 1 aromatic rings. The van der Waals surface area contributed by atoms with Crippen molar-refractivity contribution in [2.75, 3.05) is 20.3 Å². The van der Waals surface area contributed by atoms with Gasteiger partial charge in [0.25, 0.3) is 0 Å². The van der Waals surface area contributed by atoms with Crippen molar-refractivity contribution in [3.8, 4) is 0 Å². The third-order valence-electron chi connectivity index (χ3n) is 5.18. The quantitative estimate of drug-likeness (QED) is 0.398. The molecule has 1 saturated carbocycles. The van der Waals surface area contributed by atoms with E-state index in [1.165, 1.54) is 30.4 Å². The summed E-state index contributed by atoms with van der Waals surface area (Å²) in [7, 11) is -2.72. The summed E-state index contributed by atoms with van der Waals surface area (Å²) in [4.78, 5) is 17.7. The van der Waals surface area contributed by atoms with Gasteiger partial charge < -0.3 is 20.3 Å². The molecule has 6 nitrogen and oxygen atoms in total. The molecule has 0 bridgehead atoms. The molecule has 0 spiro atoms. The summed E-state index contributed by atoms with van der Waals surface area (Å²) in [5.74, 6) is 0.323.